The second-order valence-corrected chi connectivity index (χ2v) is 2.88. The van der Waals surface area contributed by atoms with Crippen LogP contribution in [0.1, 0.15) is 6.93 Å². The first-order valence-corrected chi connectivity index (χ1v) is 4.45. The van der Waals surface area contributed by atoms with Crippen molar-refractivity contribution in [1.29, 1.82) is 0 Å². The summed E-state index contributed by atoms with van der Waals surface area (Å²) >= 11 is 0. The molecule has 0 bridgehead atoms. The third kappa shape index (κ3) is 2.33. The fourth-order valence-corrected chi connectivity index (χ4v) is 1.12. The molecule has 0 fully saturated rings. The van der Waals surface area contributed by atoms with Crippen LogP contribution in [-0.2, 0) is 6.61 Å². The van der Waals surface area contributed by atoms with E-state index in [9.17, 15) is 0 Å². The number of hydrogen-bond donors (Lipinski definition) is 0. The number of aromatic nitrogens is 1. The summed E-state index contributed by atoms with van der Waals surface area (Å²) in [4.78, 5) is 3.93. The molecule has 70 valence electrons. The zero-order valence-electron chi connectivity index (χ0n) is 8.68. The van der Waals surface area contributed by atoms with Gasteiger partial charge in [0.15, 0.2) is 0 Å². The van der Waals surface area contributed by atoms with Gasteiger partial charge in [-0.05, 0) is 11.6 Å². The van der Waals surface area contributed by atoms with E-state index in [1.807, 2.05) is 30.3 Å². The largest absolute Gasteiger partial charge is 0.473 e. The van der Waals surface area contributed by atoms with Crippen molar-refractivity contribution in [3.8, 4) is 5.88 Å². The van der Waals surface area contributed by atoms with E-state index >= 15 is 0 Å². The minimum absolute atomic E-state index is 0.223. The summed E-state index contributed by atoms with van der Waals surface area (Å²) in [7, 11) is 0. The summed E-state index contributed by atoms with van der Waals surface area (Å²) in [5, 5.41) is 0. The minimum Gasteiger partial charge on any atom is -0.473 e. The number of benzene rings is 1. The van der Waals surface area contributed by atoms with E-state index < -0.39 is 0 Å². The van der Waals surface area contributed by atoms with Crippen LogP contribution >= 0.6 is 0 Å². The van der Waals surface area contributed by atoms with Gasteiger partial charge in [-0.2, -0.15) is 0 Å². The Kier molecular flexibility index (Phi) is 2.39. The standard InChI is InChI=1S/C12H11NO/c1-2-6-11(7-3-1)10-14-12-8-4-5-9-13-12/h1-9H,10H2/i9D. The predicted molar refractivity (Wildman–Crippen MR) is 55.0 cm³/mol. The monoisotopic (exact) mass is 186 g/mol. The van der Waals surface area contributed by atoms with Crippen molar-refractivity contribution in [2.45, 2.75) is 6.61 Å². The van der Waals surface area contributed by atoms with Crippen LogP contribution in [0.25, 0.3) is 0 Å². The van der Waals surface area contributed by atoms with E-state index in [4.69, 9.17) is 6.11 Å². The lowest BCUT2D eigenvalue weighted by Crippen LogP contribution is -1.95. The van der Waals surface area contributed by atoms with Gasteiger partial charge in [0.2, 0.25) is 5.88 Å². The lowest BCUT2D eigenvalue weighted by molar-refractivity contribution is 0.294. The van der Waals surface area contributed by atoms with Crippen molar-refractivity contribution in [1.82, 2.24) is 4.98 Å². The zero-order chi connectivity index (χ0) is 10.5. The van der Waals surface area contributed by atoms with Gasteiger partial charge >= 0.3 is 0 Å². The van der Waals surface area contributed by atoms with E-state index in [1.165, 1.54) is 0 Å². The normalized spacial score (nSPS) is 10.7. The van der Waals surface area contributed by atoms with Crippen molar-refractivity contribution in [3.05, 3.63) is 60.3 Å². The van der Waals surface area contributed by atoms with Gasteiger partial charge in [-0.15, -0.1) is 0 Å². The Balaban J connectivity index is 1.99. The maximum atomic E-state index is 7.33. The van der Waals surface area contributed by atoms with Crippen LogP contribution in [0.4, 0.5) is 0 Å². The van der Waals surface area contributed by atoms with Gasteiger partial charge in [-0.3, -0.25) is 0 Å². The van der Waals surface area contributed by atoms with E-state index in [-0.39, 0.29) is 6.17 Å². The van der Waals surface area contributed by atoms with E-state index in [0.717, 1.165) is 5.56 Å². The minimum atomic E-state index is 0.223. The molecule has 14 heavy (non-hydrogen) atoms. The summed E-state index contributed by atoms with van der Waals surface area (Å²) in [5.41, 5.74) is 1.09. The molecule has 0 saturated heterocycles. The second kappa shape index (κ2) is 4.42. The molecule has 1 aromatic heterocycles. The van der Waals surface area contributed by atoms with Crippen LogP contribution in [-0.4, -0.2) is 4.98 Å². The van der Waals surface area contributed by atoms with Crippen molar-refractivity contribution in [2.75, 3.05) is 0 Å². The first kappa shape index (κ1) is 7.56. The molecule has 0 atom stereocenters. The third-order valence-electron chi connectivity index (χ3n) is 1.81. The molecule has 1 aromatic carbocycles. The van der Waals surface area contributed by atoms with Crippen LogP contribution in [0, 0.1) is 0 Å². The molecule has 2 aromatic rings. The van der Waals surface area contributed by atoms with Crippen molar-refractivity contribution < 1.29 is 6.11 Å². The second-order valence-electron chi connectivity index (χ2n) is 2.88. The Hall–Kier alpha value is -1.83. The SMILES string of the molecule is [2H]c1cccc(OCc2ccccc2)n1. The van der Waals surface area contributed by atoms with Crippen molar-refractivity contribution in [3.63, 3.8) is 0 Å². The quantitative estimate of drug-likeness (QED) is 0.735. The highest BCUT2D eigenvalue weighted by atomic mass is 16.5. The summed E-state index contributed by atoms with van der Waals surface area (Å²) in [6.07, 6.45) is 0.223. The van der Waals surface area contributed by atoms with Gasteiger partial charge in [0.1, 0.15) is 6.61 Å². The van der Waals surface area contributed by atoms with Gasteiger partial charge in [-0.1, -0.05) is 36.4 Å². The molecule has 0 unspecified atom stereocenters. The maximum absolute atomic E-state index is 7.33. The van der Waals surface area contributed by atoms with Crippen molar-refractivity contribution in [2.24, 2.45) is 0 Å². The molecule has 0 N–H and O–H groups in total. The molecule has 0 aliphatic rings. The molecule has 0 radical (unpaired) electrons. The van der Waals surface area contributed by atoms with Gasteiger partial charge in [0, 0.05) is 12.2 Å². The smallest absolute Gasteiger partial charge is 0.213 e. The lowest BCUT2D eigenvalue weighted by Gasteiger charge is -2.03. The van der Waals surface area contributed by atoms with Gasteiger partial charge in [0.05, 0.1) is 1.37 Å². The molecule has 2 heteroatoms. The van der Waals surface area contributed by atoms with Gasteiger partial charge in [0.25, 0.3) is 0 Å². The van der Waals surface area contributed by atoms with Gasteiger partial charge in [-0.25, -0.2) is 4.98 Å². The van der Waals surface area contributed by atoms with E-state index in [0.29, 0.717) is 12.5 Å². The molecule has 2 rings (SSSR count). The number of nitrogens with zero attached hydrogens (tertiary/aromatic N) is 1. The number of rotatable bonds is 3. The number of ether oxygens (including phenoxy) is 1. The highest BCUT2D eigenvalue weighted by molar-refractivity contribution is 5.15. The molecular formula is C12H11NO. The van der Waals surface area contributed by atoms with Crippen LogP contribution in [0.5, 0.6) is 5.88 Å². The first-order chi connectivity index (χ1) is 7.34. The van der Waals surface area contributed by atoms with Gasteiger partial charge < -0.3 is 4.74 Å². The zero-order valence-corrected chi connectivity index (χ0v) is 7.68. The Bertz CT molecular complexity index is 431. The first-order valence-electron chi connectivity index (χ1n) is 4.95. The molecule has 0 saturated carbocycles. The lowest BCUT2D eigenvalue weighted by atomic mass is 10.2. The summed E-state index contributed by atoms with van der Waals surface area (Å²) < 4.78 is 12.8. The summed E-state index contributed by atoms with van der Waals surface area (Å²) in [6, 6.07) is 15.0. The maximum Gasteiger partial charge on any atom is 0.213 e. The Morgan fingerprint density at radius 2 is 1.86 bits per heavy atom. The number of pyridine rings is 1. The predicted octanol–water partition coefficient (Wildman–Crippen LogP) is 2.66. The molecule has 2 nitrogen and oxygen atoms in total. The van der Waals surface area contributed by atoms with Crippen molar-refractivity contribution >= 4 is 0 Å². The molecular weight excluding hydrogens is 174 g/mol. The average Bonchev–Trinajstić information content (AvgIpc) is 2.28. The Morgan fingerprint density at radius 1 is 1.07 bits per heavy atom. The highest BCUT2D eigenvalue weighted by Gasteiger charge is 1.93. The Labute approximate surface area is 84.6 Å². The van der Waals surface area contributed by atoms with E-state index in [1.54, 1.807) is 18.2 Å². The fourth-order valence-electron chi connectivity index (χ4n) is 1.12. The summed E-state index contributed by atoms with van der Waals surface area (Å²) in [6.45, 7) is 0.483. The summed E-state index contributed by atoms with van der Waals surface area (Å²) in [5.74, 6) is 0.492. The topological polar surface area (TPSA) is 22.1 Å². The molecule has 0 spiro atoms. The van der Waals surface area contributed by atoms with Crippen LogP contribution in [0.15, 0.2) is 54.7 Å². The molecule has 0 aliphatic carbocycles. The highest BCUT2D eigenvalue weighted by Crippen LogP contribution is 2.07. The van der Waals surface area contributed by atoms with E-state index in [2.05, 4.69) is 4.98 Å². The third-order valence-corrected chi connectivity index (χ3v) is 1.81. The molecule has 0 amide bonds. The average molecular weight is 186 g/mol. The number of hydrogen-bond acceptors (Lipinski definition) is 2. The Morgan fingerprint density at radius 3 is 2.64 bits per heavy atom. The molecule has 0 aliphatic heterocycles. The van der Waals surface area contributed by atoms with Crippen LogP contribution < -0.4 is 4.74 Å². The van der Waals surface area contributed by atoms with Crippen LogP contribution in [0.3, 0.4) is 0 Å². The fraction of sp³-hybridized carbons (Fsp3) is 0.0833. The molecule has 1 heterocycles. The van der Waals surface area contributed by atoms with Crippen LogP contribution in [0.2, 0.25) is 0 Å².